The second-order valence-electron chi connectivity index (χ2n) is 6.17. The van der Waals surface area contributed by atoms with E-state index in [-0.39, 0.29) is 17.4 Å². The Bertz CT molecular complexity index is 479. The summed E-state index contributed by atoms with van der Waals surface area (Å²) in [6.07, 6.45) is 1.21. The lowest BCUT2D eigenvalue weighted by Crippen LogP contribution is -2.42. The van der Waals surface area contributed by atoms with Crippen LogP contribution in [0.5, 0.6) is 0 Å². The molecule has 1 aromatic rings. The molecule has 0 unspecified atom stereocenters. The van der Waals surface area contributed by atoms with Crippen molar-refractivity contribution in [3.05, 3.63) is 29.6 Å². The topological polar surface area (TPSA) is 32.3 Å². The molecule has 0 bridgehead atoms. The highest BCUT2D eigenvalue weighted by atomic mass is 19.1. The monoisotopic (exact) mass is 278 g/mol. The summed E-state index contributed by atoms with van der Waals surface area (Å²) in [5.41, 5.74) is 1.11. The number of hydrogen-bond acceptors (Lipinski definition) is 2. The molecular weight excluding hydrogens is 255 g/mol. The average molecular weight is 278 g/mol. The molecule has 0 spiro atoms. The zero-order valence-electron chi connectivity index (χ0n) is 12.4. The predicted octanol–water partition coefficient (Wildman–Crippen LogP) is 3.05. The average Bonchev–Trinajstić information content (AvgIpc) is 2.31. The number of benzene rings is 1. The van der Waals surface area contributed by atoms with Crippen LogP contribution in [0.4, 0.5) is 10.1 Å². The summed E-state index contributed by atoms with van der Waals surface area (Å²) in [4.78, 5) is 14.2. The summed E-state index contributed by atoms with van der Waals surface area (Å²) in [5.74, 6) is 0.707. The summed E-state index contributed by atoms with van der Waals surface area (Å²) >= 11 is 0. The number of hydrogen-bond donors (Lipinski definition) is 1. The molecule has 1 heterocycles. The standard InChI is InChI=1S/C16H23FN2O/c1-11-4-5-15(14(17)7-11)18-16(20)10-19-8-12(2)6-13(3)9-19/h4-5,7,12-13H,6,8-10H2,1-3H3,(H,18,20)/t12-,13-/m1/s1. The maximum Gasteiger partial charge on any atom is 0.238 e. The Hall–Kier alpha value is -1.42. The van der Waals surface area contributed by atoms with Gasteiger partial charge in [-0.3, -0.25) is 9.69 Å². The molecule has 3 nitrogen and oxygen atoms in total. The molecule has 2 rings (SSSR count). The van der Waals surface area contributed by atoms with E-state index in [9.17, 15) is 9.18 Å². The van der Waals surface area contributed by atoms with Gasteiger partial charge in [0.05, 0.1) is 12.2 Å². The predicted molar refractivity (Wildman–Crippen MR) is 79.2 cm³/mol. The molecule has 0 aliphatic carbocycles. The van der Waals surface area contributed by atoms with Crippen LogP contribution in [0.2, 0.25) is 0 Å². The van der Waals surface area contributed by atoms with Crippen molar-refractivity contribution in [1.29, 1.82) is 0 Å². The maximum absolute atomic E-state index is 13.7. The van der Waals surface area contributed by atoms with Gasteiger partial charge >= 0.3 is 0 Å². The Kier molecular flexibility index (Phi) is 4.76. The number of nitrogens with zero attached hydrogens (tertiary/aromatic N) is 1. The highest BCUT2D eigenvalue weighted by Crippen LogP contribution is 2.21. The number of aryl methyl sites for hydroxylation is 1. The molecule has 0 aromatic heterocycles. The van der Waals surface area contributed by atoms with Crippen LogP contribution >= 0.6 is 0 Å². The minimum atomic E-state index is -0.376. The lowest BCUT2D eigenvalue weighted by atomic mass is 9.92. The number of anilines is 1. The first-order chi connectivity index (χ1) is 9.44. The van der Waals surface area contributed by atoms with Crippen molar-refractivity contribution in [3.63, 3.8) is 0 Å². The first kappa shape index (κ1) is 15.0. The number of nitrogens with one attached hydrogen (secondary N) is 1. The number of rotatable bonds is 3. The van der Waals surface area contributed by atoms with Gasteiger partial charge in [0.1, 0.15) is 5.82 Å². The van der Waals surface area contributed by atoms with E-state index in [4.69, 9.17) is 0 Å². The number of amides is 1. The number of carbonyl (C=O) groups excluding carboxylic acids is 1. The maximum atomic E-state index is 13.7. The highest BCUT2D eigenvalue weighted by molar-refractivity contribution is 5.92. The molecule has 1 fully saturated rings. The van der Waals surface area contributed by atoms with Crippen molar-refractivity contribution in [3.8, 4) is 0 Å². The van der Waals surface area contributed by atoms with Crippen LogP contribution in [0.3, 0.4) is 0 Å². The first-order valence-electron chi connectivity index (χ1n) is 7.22. The van der Waals surface area contributed by atoms with Crippen LogP contribution in [0.15, 0.2) is 18.2 Å². The second-order valence-corrected chi connectivity index (χ2v) is 6.17. The summed E-state index contributed by atoms with van der Waals surface area (Å²) in [6, 6.07) is 4.84. The second kappa shape index (κ2) is 6.35. The summed E-state index contributed by atoms with van der Waals surface area (Å²) in [5, 5.41) is 2.66. The van der Waals surface area contributed by atoms with Crippen LogP contribution in [-0.4, -0.2) is 30.4 Å². The van der Waals surface area contributed by atoms with Crippen LogP contribution < -0.4 is 5.32 Å². The van der Waals surface area contributed by atoms with Gasteiger partial charge in [0, 0.05) is 13.1 Å². The van der Waals surface area contributed by atoms with E-state index in [1.807, 2.05) is 6.92 Å². The van der Waals surface area contributed by atoms with E-state index in [0.717, 1.165) is 18.7 Å². The number of carbonyl (C=O) groups is 1. The van der Waals surface area contributed by atoms with Gasteiger partial charge in [-0.05, 0) is 42.9 Å². The highest BCUT2D eigenvalue weighted by Gasteiger charge is 2.23. The van der Waals surface area contributed by atoms with Gasteiger partial charge < -0.3 is 5.32 Å². The van der Waals surface area contributed by atoms with Crippen molar-refractivity contribution in [2.75, 3.05) is 25.0 Å². The minimum Gasteiger partial charge on any atom is -0.322 e. The Morgan fingerprint density at radius 2 is 2.00 bits per heavy atom. The van der Waals surface area contributed by atoms with Gasteiger partial charge in [-0.15, -0.1) is 0 Å². The van der Waals surface area contributed by atoms with Crippen LogP contribution in [-0.2, 0) is 4.79 Å². The SMILES string of the molecule is Cc1ccc(NC(=O)CN2C[C@H](C)C[C@@H](C)C2)c(F)c1. The Balaban J connectivity index is 1.92. The number of piperidine rings is 1. The first-order valence-corrected chi connectivity index (χ1v) is 7.22. The molecule has 1 saturated heterocycles. The molecule has 20 heavy (non-hydrogen) atoms. The normalized spacial score (nSPS) is 23.6. The van der Waals surface area contributed by atoms with Gasteiger partial charge in [0.15, 0.2) is 0 Å². The van der Waals surface area contributed by atoms with Crippen molar-refractivity contribution in [1.82, 2.24) is 4.90 Å². The lowest BCUT2D eigenvalue weighted by molar-refractivity contribution is -0.117. The van der Waals surface area contributed by atoms with E-state index in [1.165, 1.54) is 12.5 Å². The molecule has 1 N–H and O–H groups in total. The van der Waals surface area contributed by atoms with Crippen molar-refractivity contribution >= 4 is 11.6 Å². The molecule has 1 aliphatic rings. The van der Waals surface area contributed by atoms with Crippen molar-refractivity contribution < 1.29 is 9.18 Å². The van der Waals surface area contributed by atoms with Crippen LogP contribution in [0, 0.1) is 24.6 Å². The van der Waals surface area contributed by atoms with Crippen molar-refractivity contribution in [2.45, 2.75) is 27.2 Å². The Labute approximate surface area is 120 Å². The molecule has 1 aliphatic heterocycles. The van der Waals surface area contributed by atoms with Crippen LogP contribution in [0.25, 0.3) is 0 Å². The number of likely N-dealkylation sites (tertiary alicyclic amines) is 1. The van der Waals surface area contributed by atoms with Gasteiger partial charge in [-0.25, -0.2) is 4.39 Å². The fourth-order valence-electron chi connectivity index (χ4n) is 3.04. The number of halogens is 1. The third-order valence-electron chi connectivity index (χ3n) is 3.71. The summed E-state index contributed by atoms with van der Waals surface area (Å²) < 4.78 is 13.7. The largest absolute Gasteiger partial charge is 0.322 e. The van der Waals surface area contributed by atoms with Crippen LogP contribution in [0.1, 0.15) is 25.8 Å². The molecular formula is C16H23FN2O. The van der Waals surface area contributed by atoms with Gasteiger partial charge in [0.25, 0.3) is 0 Å². The van der Waals surface area contributed by atoms with E-state index in [2.05, 4.69) is 24.1 Å². The Morgan fingerprint density at radius 1 is 1.35 bits per heavy atom. The molecule has 1 amide bonds. The van der Waals surface area contributed by atoms with Gasteiger partial charge in [0.2, 0.25) is 5.91 Å². The van der Waals surface area contributed by atoms with Gasteiger partial charge in [-0.2, -0.15) is 0 Å². The molecule has 2 atom stereocenters. The fourth-order valence-corrected chi connectivity index (χ4v) is 3.04. The van der Waals surface area contributed by atoms with E-state index in [0.29, 0.717) is 18.4 Å². The fraction of sp³-hybridized carbons (Fsp3) is 0.562. The van der Waals surface area contributed by atoms with E-state index < -0.39 is 0 Å². The molecule has 0 radical (unpaired) electrons. The zero-order chi connectivity index (χ0) is 14.7. The lowest BCUT2D eigenvalue weighted by Gasteiger charge is -2.34. The molecule has 4 heteroatoms. The third kappa shape index (κ3) is 4.04. The Morgan fingerprint density at radius 3 is 2.60 bits per heavy atom. The summed E-state index contributed by atoms with van der Waals surface area (Å²) in [7, 11) is 0. The zero-order valence-corrected chi connectivity index (χ0v) is 12.4. The molecule has 1 aromatic carbocycles. The summed E-state index contributed by atoms with van der Waals surface area (Å²) in [6.45, 7) is 8.45. The quantitative estimate of drug-likeness (QED) is 0.921. The van der Waals surface area contributed by atoms with Crippen molar-refractivity contribution in [2.24, 2.45) is 11.8 Å². The van der Waals surface area contributed by atoms with Gasteiger partial charge in [-0.1, -0.05) is 19.9 Å². The minimum absolute atomic E-state index is 0.144. The molecule has 110 valence electrons. The van der Waals surface area contributed by atoms with E-state index >= 15 is 0 Å². The molecule has 0 saturated carbocycles. The smallest absolute Gasteiger partial charge is 0.238 e. The third-order valence-corrected chi connectivity index (χ3v) is 3.71. The van der Waals surface area contributed by atoms with E-state index in [1.54, 1.807) is 12.1 Å².